The van der Waals surface area contributed by atoms with Crippen molar-refractivity contribution in [3.05, 3.63) is 95.1 Å². The van der Waals surface area contributed by atoms with Crippen LogP contribution in [0.4, 0.5) is 0 Å². The van der Waals surface area contributed by atoms with Crippen LogP contribution < -0.4 is 5.32 Å². The van der Waals surface area contributed by atoms with E-state index in [1.165, 1.54) is 0 Å². The van der Waals surface area contributed by atoms with Crippen molar-refractivity contribution in [1.29, 1.82) is 5.41 Å². The third-order valence-electron chi connectivity index (χ3n) is 4.15. The molecule has 128 valence electrons. The van der Waals surface area contributed by atoms with Gasteiger partial charge in [0.25, 0.3) is 5.91 Å². The van der Waals surface area contributed by atoms with Gasteiger partial charge in [-0.05, 0) is 35.7 Å². The minimum Gasteiger partial charge on any atom is -0.307 e. The number of carbonyl (C=O) groups is 2. The average Bonchev–Trinajstić information content (AvgIpc) is 2.68. The summed E-state index contributed by atoms with van der Waals surface area (Å²) in [6.07, 6.45) is 0.739. The number of benzene rings is 3. The Balaban J connectivity index is 1.76. The molecule has 0 saturated carbocycles. The van der Waals surface area contributed by atoms with Crippen molar-refractivity contribution in [3.8, 4) is 11.1 Å². The van der Waals surface area contributed by atoms with Gasteiger partial charge in [-0.3, -0.25) is 15.0 Å². The van der Waals surface area contributed by atoms with Crippen molar-refractivity contribution in [2.24, 2.45) is 0 Å². The van der Waals surface area contributed by atoms with Crippen LogP contribution in [0.1, 0.15) is 31.8 Å². The lowest BCUT2D eigenvalue weighted by Gasteiger charge is -2.10. The van der Waals surface area contributed by atoms with E-state index in [1.54, 1.807) is 30.3 Å². The van der Waals surface area contributed by atoms with Crippen LogP contribution >= 0.6 is 0 Å². The first kappa shape index (κ1) is 17.3. The van der Waals surface area contributed by atoms with Crippen molar-refractivity contribution < 1.29 is 9.59 Å². The summed E-state index contributed by atoms with van der Waals surface area (Å²) in [7, 11) is 0. The van der Waals surface area contributed by atoms with Crippen LogP contribution in [0.3, 0.4) is 0 Å². The second-order valence-corrected chi connectivity index (χ2v) is 5.96. The molecule has 0 aromatic heterocycles. The first-order valence-corrected chi connectivity index (χ1v) is 8.20. The van der Waals surface area contributed by atoms with E-state index >= 15 is 0 Å². The van der Waals surface area contributed by atoms with Gasteiger partial charge in [0.05, 0.1) is 0 Å². The number of hydrogen-bond donors (Lipinski definition) is 2. The minimum absolute atomic E-state index is 0.00256. The normalized spacial score (nSPS) is 10.2. The highest BCUT2D eigenvalue weighted by atomic mass is 16.1. The number of amides is 1. The van der Waals surface area contributed by atoms with Crippen LogP contribution in [0, 0.1) is 12.3 Å². The summed E-state index contributed by atoms with van der Waals surface area (Å²) in [6.45, 7) is 1.96. The second-order valence-electron chi connectivity index (χ2n) is 5.96. The lowest BCUT2D eigenvalue weighted by Crippen LogP contribution is -2.30. The molecule has 0 spiro atoms. The summed E-state index contributed by atoms with van der Waals surface area (Å²) in [5.74, 6) is -0.339. The molecule has 3 aromatic rings. The monoisotopic (exact) mass is 342 g/mol. The van der Waals surface area contributed by atoms with Gasteiger partial charge in [0.1, 0.15) is 12.1 Å². The van der Waals surface area contributed by atoms with Gasteiger partial charge in [-0.15, -0.1) is 0 Å². The zero-order chi connectivity index (χ0) is 18.5. The molecule has 4 heteroatoms. The zero-order valence-corrected chi connectivity index (χ0v) is 14.3. The zero-order valence-electron chi connectivity index (χ0n) is 14.3. The Hall–Kier alpha value is -3.53. The van der Waals surface area contributed by atoms with E-state index in [-0.39, 0.29) is 11.7 Å². The molecule has 0 atom stereocenters. The molecular weight excluding hydrogens is 324 g/mol. The van der Waals surface area contributed by atoms with Gasteiger partial charge >= 0.3 is 0 Å². The van der Waals surface area contributed by atoms with Gasteiger partial charge in [0.2, 0.25) is 0 Å². The molecule has 0 fully saturated rings. The topological polar surface area (TPSA) is 70.0 Å². The molecule has 0 bridgehead atoms. The summed E-state index contributed by atoms with van der Waals surface area (Å²) < 4.78 is 0. The standard InChI is InChI=1S/C22H18N2O2/c1-15-13-19(11-12-20(15)17-5-3-2-4-6-17)22(26)24-21(23)18-9-7-16(14-25)8-10-18/h2-14H,1H3,(H2,23,24,26). The molecule has 3 aromatic carbocycles. The van der Waals surface area contributed by atoms with E-state index in [0.29, 0.717) is 16.7 Å². The fraction of sp³-hybridized carbons (Fsp3) is 0.0455. The van der Waals surface area contributed by atoms with Crippen molar-refractivity contribution in [2.75, 3.05) is 0 Å². The Bertz CT molecular complexity index is 961. The van der Waals surface area contributed by atoms with E-state index in [4.69, 9.17) is 5.41 Å². The fourth-order valence-corrected chi connectivity index (χ4v) is 2.73. The average molecular weight is 342 g/mol. The number of carbonyl (C=O) groups excluding carboxylic acids is 2. The minimum atomic E-state index is -0.336. The highest BCUT2D eigenvalue weighted by Gasteiger charge is 2.11. The van der Waals surface area contributed by atoms with E-state index in [1.807, 2.05) is 49.4 Å². The maximum atomic E-state index is 12.4. The lowest BCUT2D eigenvalue weighted by atomic mass is 9.98. The van der Waals surface area contributed by atoms with E-state index in [2.05, 4.69) is 5.32 Å². The number of aryl methyl sites for hydroxylation is 1. The summed E-state index contributed by atoms with van der Waals surface area (Å²) >= 11 is 0. The first-order chi connectivity index (χ1) is 12.6. The van der Waals surface area contributed by atoms with Crippen molar-refractivity contribution in [2.45, 2.75) is 6.92 Å². The molecule has 0 aliphatic carbocycles. The molecule has 0 aliphatic heterocycles. The maximum Gasteiger partial charge on any atom is 0.256 e. The Morgan fingerprint density at radius 3 is 2.19 bits per heavy atom. The lowest BCUT2D eigenvalue weighted by molar-refractivity contribution is 0.0976. The first-order valence-electron chi connectivity index (χ1n) is 8.20. The molecular formula is C22H18N2O2. The third kappa shape index (κ3) is 3.75. The van der Waals surface area contributed by atoms with Crippen LogP contribution in [0.25, 0.3) is 11.1 Å². The van der Waals surface area contributed by atoms with E-state index in [0.717, 1.165) is 23.0 Å². The largest absolute Gasteiger partial charge is 0.307 e. The van der Waals surface area contributed by atoms with Crippen LogP contribution in [0.2, 0.25) is 0 Å². The summed E-state index contributed by atoms with van der Waals surface area (Å²) in [5.41, 5.74) is 4.73. The fourth-order valence-electron chi connectivity index (χ4n) is 2.73. The van der Waals surface area contributed by atoms with E-state index < -0.39 is 0 Å². The molecule has 1 amide bonds. The summed E-state index contributed by atoms with van der Waals surface area (Å²) in [4.78, 5) is 23.1. The molecule has 4 nitrogen and oxygen atoms in total. The van der Waals surface area contributed by atoms with Gasteiger partial charge in [-0.25, -0.2) is 0 Å². The summed E-state index contributed by atoms with van der Waals surface area (Å²) in [5, 5.41) is 10.6. The molecule has 0 unspecified atom stereocenters. The Labute approximate surface area is 152 Å². The van der Waals surface area contributed by atoms with Gasteiger partial charge in [-0.2, -0.15) is 0 Å². The molecule has 0 radical (unpaired) electrons. The highest BCUT2D eigenvalue weighted by Crippen LogP contribution is 2.24. The molecule has 0 saturated heterocycles. The van der Waals surface area contributed by atoms with Crippen molar-refractivity contribution >= 4 is 18.0 Å². The van der Waals surface area contributed by atoms with Crippen LogP contribution in [-0.2, 0) is 0 Å². The van der Waals surface area contributed by atoms with Gasteiger partial charge in [0.15, 0.2) is 0 Å². The number of nitrogens with one attached hydrogen (secondary N) is 2. The predicted octanol–water partition coefficient (Wildman–Crippen LogP) is 4.23. The molecule has 0 heterocycles. The quantitative estimate of drug-likeness (QED) is 0.423. The van der Waals surface area contributed by atoms with Gasteiger partial charge in [0, 0.05) is 16.7 Å². The Kier molecular flexibility index (Phi) is 5.04. The third-order valence-corrected chi connectivity index (χ3v) is 4.15. The highest BCUT2D eigenvalue weighted by molar-refractivity contribution is 6.11. The van der Waals surface area contributed by atoms with Gasteiger partial charge < -0.3 is 5.32 Å². The number of rotatable bonds is 4. The molecule has 0 aliphatic rings. The number of amidine groups is 1. The smallest absolute Gasteiger partial charge is 0.256 e. The maximum absolute atomic E-state index is 12.4. The van der Waals surface area contributed by atoms with Gasteiger partial charge in [-0.1, -0.05) is 60.7 Å². The van der Waals surface area contributed by atoms with Crippen LogP contribution in [0.15, 0.2) is 72.8 Å². The molecule has 2 N–H and O–H groups in total. The SMILES string of the molecule is Cc1cc(C(=O)NC(=N)c2ccc(C=O)cc2)ccc1-c1ccccc1. The second kappa shape index (κ2) is 7.57. The number of hydrogen-bond acceptors (Lipinski definition) is 3. The van der Waals surface area contributed by atoms with Crippen molar-refractivity contribution in [3.63, 3.8) is 0 Å². The Morgan fingerprint density at radius 2 is 1.58 bits per heavy atom. The van der Waals surface area contributed by atoms with Crippen LogP contribution in [-0.4, -0.2) is 18.0 Å². The molecule has 3 rings (SSSR count). The summed E-state index contributed by atoms with van der Waals surface area (Å²) in [6, 6.07) is 22.0. The Morgan fingerprint density at radius 1 is 0.923 bits per heavy atom. The molecule has 26 heavy (non-hydrogen) atoms. The van der Waals surface area contributed by atoms with E-state index in [9.17, 15) is 9.59 Å². The van der Waals surface area contributed by atoms with Crippen LogP contribution in [0.5, 0.6) is 0 Å². The van der Waals surface area contributed by atoms with Crippen molar-refractivity contribution in [1.82, 2.24) is 5.32 Å². The number of aldehydes is 1. The predicted molar refractivity (Wildman–Crippen MR) is 103 cm³/mol.